The number of benzene rings is 1. The Hall–Kier alpha value is -1.50. The molecule has 1 saturated heterocycles. The molecule has 0 unspecified atom stereocenters. The summed E-state index contributed by atoms with van der Waals surface area (Å²) in [6.07, 6.45) is 1.76. The predicted octanol–water partition coefficient (Wildman–Crippen LogP) is 1.13. The van der Waals surface area contributed by atoms with E-state index in [9.17, 15) is 0 Å². The lowest BCUT2D eigenvalue weighted by Crippen LogP contribution is -2.42. The van der Waals surface area contributed by atoms with Gasteiger partial charge in [-0.25, -0.2) is 0 Å². The zero-order valence-corrected chi connectivity index (χ0v) is 13.2. The van der Waals surface area contributed by atoms with Crippen LogP contribution in [0.4, 0.5) is 0 Å². The predicted molar refractivity (Wildman–Crippen MR) is 89.8 cm³/mol. The van der Waals surface area contributed by atoms with Crippen molar-refractivity contribution >= 4 is 23.5 Å². The number of rotatable bonds is 5. The van der Waals surface area contributed by atoms with E-state index < -0.39 is 0 Å². The van der Waals surface area contributed by atoms with Crippen molar-refractivity contribution in [2.45, 2.75) is 6.92 Å². The van der Waals surface area contributed by atoms with Crippen molar-refractivity contribution < 1.29 is 4.74 Å². The molecular weight excluding hydrogens is 284 g/mol. The topological polar surface area (TPSA) is 48.9 Å². The molecule has 0 aliphatic carbocycles. The molecule has 0 radical (unpaired) electrons. The maximum Gasteiger partial charge on any atom is 0.187 e. The fraction of sp³-hybridized carbons (Fsp3) is 0.467. The lowest BCUT2D eigenvalue weighted by Gasteiger charge is -2.26. The van der Waals surface area contributed by atoms with Crippen LogP contribution in [-0.2, 0) is 4.74 Å². The molecule has 1 heterocycles. The molecule has 6 heteroatoms. The second-order valence-electron chi connectivity index (χ2n) is 4.99. The Bertz CT molecular complexity index is 469. The maximum absolute atomic E-state index is 5.31. The van der Waals surface area contributed by atoms with E-state index in [0.717, 1.165) is 45.0 Å². The molecule has 5 nitrogen and oxygen atoms in total. The highest BCUT2D eigenvalue weighted by atomic mass is 32.1. The average Bonchev–Trinajstić information content (AvgIpc) is 2.50. The summed E-state index contributed by atoms with van der Waals surface area (Å²) in [6.45, 7) is 7.47. The van der Waals surface area contributed by atoms with E-state index in [1.807, 2.05) is 12.1 Å². The van der Waals surface area contributed by atoms with Crippen LogP contribution >= 0.6 is 12.2 Å². The summed E-state index contributed by atoms with van der Waals surface area (Å²) in [7, 11) is 0. The van der Waals surface area contributed by atoms with Gasteiger partial charge in [-0.05, 0) is 24.7 Å². The van der Waals surface area contributed by atoms with Crippen molar-refractivity contribution in [1.82, 2.24) is 15.6 Å². The number of morpholine rings is 1. The third kappa shape index (κ3) is 6.20. The Morgan fingerprint density at radius 3 is 2.76 bits per heavy atom. The van der Waals surface area contributed by atoms with Gasteiger partial charge in [0.05, 0.1) is 19.4 Å². The zero-order chi connectivity index (χ0) is 14.9. The van der Waals surface area contributed by atoms with Crippen molar-refractivity contribution in [2.24, 2.45) is 5.10 Å². The standard InChI is InChI=1S/C15H22N4OS/c1-13-2-4-14(5-3-13)12-17-18-15(21)16-6-7-19-8-10-20-11-9-19/h2-5,12H,6-11H2,1H3,(H2,16,18,21)/b17-12-. The van der Waals surface area contributed by atoms with Gasteiger partial charge >= 0.3 is 0 Å². The molecule has 2 rings (SSSR count). The van der Waals surface area contributed by atoms with Gasteiger partial charge in [-0.15, -0.1) is 0 Å². The van der Waals surface area contributed by atoms with Crippen LogP contribution in [0.1, 0.15) is 11.1 Å². The summed E-state index contributed by atoms with van der Waals surface area (Å²) in [5.74, 6) is 0. The van der Waals surface area contributed by atoms with Crippen LogP contribution in [0.3, 0.4) is 0 Å². The zero-order valence-electron chi connectivity index (χ0n) is 12.3. The minimum atomic E-state index is 0.548. The Balaban J connectivity index is 1.61. The number of hydrogen-bond acceptors (Lipinski definition) is 4. The van der Waals surface area contributed by atoms with E-state index in [1.54, 1.807) is 6.21 Å². The average molecular weight is 306 g/mol. The largest absolute Gasteiger partial charge is 0.379 e. The minimum Gasteiger partial charge on any atom is -0.379 e. The lowest BCUT2D eigenvalue weighted by atomic mass is 10.2. The summed E-state index contributed by atoms with van der Waals surface area (Å²) in [5.41, 5.74) is 5.11. The second-order valence-corrected chi connectivity index (χ2v) is 5.40. The fourth-order valence-corrected chi connectivity index (χ4v) is 2.16. The number of hydrogen-bond donors (Lipinski definition) is 2. The molecule has 114 valence electrons. The van der Waals surface area contributed by atoms with Crippen molar-refractivity contribution in [1.29, 1.82) is 0 Å². The summed E-state index contributed by atoms with van der Waals surface area (Å²) in [5, 5.41) is 7.82. The van der Waals surface area contributed by atoms with Gasteiger partial charge in [0.15, 0.2) is 5.11 Å². The lowest BCUT2D eigenvalue weighted by molar-refractivity contribution is 0.0389. The third-order valence-electron chi connectivity index (χ3n) is 3.27. The first-order valence-corrected chi connectivity index (χ1v) is 7.58. The van der Waals surface area contributed by atoms with Crippen molar-refractivity contribution in [3.8, 4) is 0 Å². The normalized spacial score (nSPS) is 16.0. The highest BCUT2D eigenvalue weighted by Gasteiger charge is 2.09. The van der Waals surface area contributed by atoms with Crippen molar-refractivity contribution in [2.75, 3.05) is 39.4 Å². The number of nitrogens with zero attached hydrogens (tertiary/aromatic N) is 2. The second kappa shape index (κ2) is 8.71. The van der Waals surface area contributed by atoms with Crippen molar-refractivity contribution in [3.05, 3.63) is 35.4 Å². The van der Waals surface area contributed by atoms with E-state index >= 15 is 0 Å². The third-order valence-corrected chi connectivity index (χ3v) is 3.51. The van der Waals surface area contributed by atoms with E-state index in [2.05, 4.69) is 39.8 Å². The van der Waals surface area contributed by atoms with Gasteiger partial charge in [0.1, 0.15) is 0 Å². The SMILES string of the molecule is Cc1ccc(/C=N\NC(=S)NCCN2CCOCC2)cc1. The molecule has 0 spiro atoms. The monoisotopic (exact) mass is 306 g/mol. The van der Waals surface area contributed by atoms with Crippen LogP contribution in [0.15, 0.2) is 29.4 Å². The molecular formula is C15H22N4OS. The van der Waals surface area contributed by atoms with Gasteiger partial charge in [0, 0.05) is 26.2 Å². The van der Waals surface area contributed by atoms with Gasteiger partial charge in [-0.2, -0.15) is 5.10 Å². The molecule has 21 heavy (non-hydrogen) atoms. The van der Waals surface area contributed by atoms with Crippen LogP contribution in [0.25, 0.3) is 0 Å². The first-order valence-electron chi connectivity index (χ1n) is 7.18. The van der Waals surface area contributed by atoms with E-state index in [1.165, 1.54) is 5.56 Å². The minimum absolute atomic E-state index is 0.548. The number of aryl methyl sites for hydroxylation is 1. The van der Waals surface area contributed by atoms with Crippen LogP contribution in [0.2, 0.25) is 0 Å². The Kier molecular flexibility index (Phi) is 6.59. The molecule has 0 amide bonds. The molecule has 1 aromatic rings. The summed E-state index contributed by atoms with van der Waals surface area (Å²) >= 11 is 5.18. The van der Waals surface area contributed by atoms with E-state index in [0.29, 0.717) is 5.11 Å². The molecule has 1 fully saturated rings. The summed E-state index contributed by atoms with van der Waals surface area (Å²) < 4.78 is 5.31. The Morgan fingerprint density at radius 2 is 2.05 bits per heavy atom. The fourth-order valence-electron chi connectivity index (χ4n) is 2.01. The number of thiocarbonyl (C=S) groups is 1. The summed E-state index contributed by atoms with van der Waals surface area (Å²) in [6, 6.07) is 8.16. The van der Waals surface area contributed by atoms with Crippen LogP contribution in [0.5, 0.6) is 0 Å². The van der Waals surface area contributed by atoms with Gasteiger partial charge in [-0.1, -0.05) is 29.8 Å². The molecule has 1 aliphatic rings. The number of nitrogens with one attached hydrogen (secondary N) is 2. The quantitative estimate of drug-likeness (QED) is 0.485. The highest BCUT2D eigenvalue weighted by molar-refractivity contribution is 7.80. The van der Waals surface area contributed by atoms with E-state index in [4.69, 9.17) is 17.0 Å². The smallest absolute Gasteiger partial charge is 0.187 e. The molecule has 0 saturated carbocycles. The molecule has 0 atom stereocenters. The first-order chi connectivity index (χ1) is 10.2. The molecule has 0 aromatic heterocycles. The highest BCUT2D eigenvalue weighted by Crippen LogP contribution is 1.99. The van der Waals surface area contributed by atoms with Crippen LogP contribution < -0.4 is 10.7 Å². The van der Waals surface area contributed by atoms with Gasteiger partial charge in [0.25, 0.3) is 0 Å². The summed E-state index contributed by atoms with van der Waals surface area (Å²) in [4.78, 5) is 2.36. The Labute approximate surface area is 131 Å². The maximum atomic E-state index is 5.31. The Morgan fingerprint density at radius 1 is 1.33 bits per heavy atom. The van der Waals surface area contributed by atoms with Crippen molar-refractivity contribution in [3.63, 3.8) is 0 Å². The van der Waals surface area contributed by atoms with E-state index in [-0.39, 0.29) is 0 Å². The van der Waals surface area contributed by atoms with Gasteiger partial charge in [-0.3, -0.25) is 10.3 Å². The number of ether oxygens (including phenoxy) is 1. The van der Waals surface area contributed by atoms with Crippen LogP contribution in [-0.4, -0.2) is 55.6 Å². The molecule has 1 aliphatic heterocycles. The van der Waals surface area contributed by atoms with Gasteiger partial charge in [0.2, 0.25) is 0 Å². The number of hydrazone groups is 1. The molecule has 0 bridgehead atoms. The van der Waals surface area contributed by atoms with Crippen LogP contribution in [0, 0.1) is 6.92 Å². The first kappa shape index (κ1) is 15.9. The van der Waals surface area contributed by atoms with Gasteiger partial charge < -0.3 is 10.1 Å². The molecule has 1 aromatic carbocycles. The molecule has 2 N–H and O–H groups in total.